The molecule has 0 spiro atoms. The van der Waals surface area contributed by atoms with Crippen molar-refractivity contribution in [2.45, 2.75) is 290 Å². The highest BCUT2D eigenvalue weighted by Gasteiger charge is 2.27. The van der Waals surface area contributed by atoms with Crippen LogP contribution in [0.1, 0.15) is 284 Å². The number of hydrogen-bond acceptors (Lipinski definition) is 7. The van der Waals surface area contributed by atoms with Crippen LogP contribution in [0, 0.1) is 0 Å². The Kier molecular flexibility index (Phi) is 55.2. The zero-order chi connectivity index (χ0) is 55.6. The van der Waals surface area contributed by atoms with Gasteiger partial charge in [-0.3, -0.25) is 18.6 Å². The van der Waals surface area contributed by atoms with Crippen LogP contribution in [0.15, 0.2) is 72.9 Å². The number of esters is 2. The smallest absolute Gasteiger partial charge is 0.462 e. The van der Waals surface area contributed by atoms with Gasteiger partial charge in [0.15, 0.2) is 6.10 Å². The number of phosphoric acid groups is 1. The molecular weight excluding hydrogens is 966 g/mol. The zero-order valence-corrected chi connectivity index (χ0v) is 51.1. The summed E-state index contributed by atoms with van der Waals surface area (Å²) in [5, 5.41) is 0. The maximum Gasteiger partial charge on any atom is 0.472 e. The van der Waals surface area contributed by atoms with E-state index in [4.69, 9.17) is 18.5 Å². The Balaban J connectivity index is 4.12. The molecule has 1 N–H and O–H groups in total. The van der Waals surface area contributed by atoms with E-state index in [-0.39, 0.29) is 32.0 Å². The lowest BCUT2D eigenvalue weighted by molar-refractivity contribution is -0.870. The minimum atomic E-state index is -4.39. The van der Waals surface area contributed by atoms with Crippen molar-refractivity contribution in [3.63, 3.8) is 0 Å². The maximum absolute atomic E-state index is 12.8. The summed E-state index contributed by atoms with van der Waals surface area (Å²) in [5.74, 6) is -0.794. The van der Waals surface area contributed by atoms with E-state index in [1.54, 1.807) is 0 Å². The van der Waals surface area contributed by atoms with E-state index in [1.807, 2.05) is 21.1 Å². The Morgan fingerprint density at radius 2 is 0.750 bits per heavy atom. The van der Waals surface area contributed by atoms with Crippen LogP contribution in [-0.4, -0.2) is 74.9 Å². The molecule has 0 saturated heterocycles. The normalized spacial score (nSPS) is 13.7. The number of phosphoric ester groups is 1. The van der Waals surface area contributed by atoms with Crippen LogP contribution in [0.4, 0.5) is 0 Å². The van der Waals surface area contributed by atoms with Gasteiger partial charge in [-0.1, -0.05) is 260 Å². The second-order valence-corrected chi connectivity index (χ2v) is 23.9. The van der Waals surface area contributed by atoms with Gasteiger partial charge in [-0.15, -0.1) is 0 Å². The summed E-state index contributed by atoms with van der Waals surface area (Å²) in [6, 6.07) is 0. The number of hydrogen-bond donors (Lipinski definition) is 1. The molecule has 0 heterocycles. The van der Waals surface area contributed by atoms with E-state index in [1.165, 1.54) is 180 Å². The highest BCUT2D eigenvalue weighted by Crippen LogP contribution is 2.43. The fourth-order valence-corrected chi connectivity index (χ4v) is 9.60. The molecule has 442 valence electrons. The minimum absolute atomic E-state index is 0.0295. The molecule has 0 saturated carbocycles. The monoisotopic (exact) mass is 1090 g/mol. The summed E-state index contributed by atoms with van der Waals surface area (Å²) in [6.07, 6.45) is 75.5. The van der Waals surface area contributed by atoms with Crippen molar-refractivity contribution >= 4 is 19.8 Å². The molecule has 2 atom stereocenters. The van der Waals surface area contributed by atoms with E-state index in [0.717, 1.165) is 70.6 Å². The Hall–Kier alpha value is -2.55. The van der Waals surface area contributed by atoms with E-state index < -0.39 is 26.5 Å². The van der Waals surface area contributed by atoms with Crippen LogP contribution in [0.5, 0.6) is 0 Å². The molecule has 9 nitrogen and oxygen atoms in total. The molecule has 0 aliphatic heterocycles. The third kappa shape index (κ3) is 60.7. The van der Waals surface area contributed by atoms with Gasteiger partial charge in [0.05, 0.1) is 27.7 Å². The topological polar surface area (TPSA) is 108 Å². The zero-order valence-electron chi connectivity index (χ0n) is 50.2. The van der Waals surface area contributed by atoms with E-state index in [0.29, 0.717) is 17.4 Å². The van der Waals surface area contributed by atoms with Crippen molar-refractivity contribution in [3.05, 3.63) is 72.9 Å². The number of quaternary nitrogens is 1. The molecule has 0 aliphatic rings. The van der Waals surface area contributed by atoms with E-state index in [2.05, 4.69) is 86.8 Å². The number of allylic oxidation sites excluding steroid dienone is 12. The molecule has 0 aromatic carbocycles. The van der Waals surface area contributed by atoms with Gasteiger partial charge in [0.2, 0.25) is 0 Å². The largest absolute Gasteiger partial charge is 0.472 e. The summed E-state index contributed by atoms with van der Waals surface area (Å²) in [5.41, 5.74) is 0. The molecule has 0 aromatic heterocycles. The number of nitrogens with zero attached hydrogens (tertiary/aromatic N) is 1. The molecule has 2 unspecified atom stereocenters. The molecule has 0 fully saturated rings. The van der Waals surface area contributed by atoms with Crippen LogP contribution in [0.25, 0.3) is 0 Å². The summed E-state index contributed by atoms with van der Waals surface area (Å²) >= 11 is 0. The second-order valence-electron chi connectivity index (χ2n) is 22.4. The van der Waals surface area contributed by atoms with Crippen molar-refractivity contribution in [3.8, 4) is 0 Å². The Labute approximate surface area is 469 Å². The predicted octanol–water partition coefficient (Wildman–Crippen LogP) is 20.0. The van der Waals surface area contributed by atoms with Gasteiger partial charge in [-0.25, -0.2) is 4.57 Å². The van der Waals surface area contributed by atoms with Crippen molar-refractivity contribution in [1.82, 2.24) is 0 Å². The number of carbonyl (C=O) groups is 2. The highest BCUT2D eigenvalue weighted by atomic mass is 31.2. The molecule has 0 rings (SSSR count). The third-order valence-electron chi connectivity index (χ3n) is 13.7. The lowest BCUT2D eigenvalue weighted by Gasteiger charge is -2.24. The fourth-order valence-electron chi connectivity index (χ4n) is 8.86. The lowest BCUT2D eigenvalue weighted by atomic mass is 10.0. The summed E-state index contributed by atoms with van der Waals surface area (Å²) in [6.45, 7) is 4.35. The first-order valence-electron chi connectivity index (χ1n) is 31.7. The van der Waals surface area contributed by atoms with Crippen molar-refractivity contribution in [2.24, 2.45) is 0 Å². The van der Waals surface area contributed by atoms with Crippen molar-refractivity contribution in [2.75, 3.05) is 47.5 Å². The molecule has 0 radical (unpaired) electrons. The number of carbonyl (C=O) groups excluding carboxylic acids is 2. The Bertz CT molecular complexity index is 1510. The van der Waals surface area contributed by atoms with Crippen molar-refractivity contribution < 1.29 is 42.1 Å². The van der Waals surface area contributed by atoms with E-state index >= 15 is 0 Å². The first-order chi connectivity index (χ1) is 37.0. The van der Waals surface area contributed by atoms with Crippen LogP contribution in [0.3, 0.4) is 0 Å². The fraction of sp³-hybridized carbons (Fsp3) is 0.788. The molecule has 0 aromatic rings. The number of rotatable bonds is 58. The molecule has 0 aliphatic carbocycles. The minimum Gasteiger partial charge on any atom is -0.462 e. The molecule has 0 bridgehead atoms. The number of likely N-dealkylation sites (N-methyl/N-ethyl adjacent to an activating group) is 1. The van der Waals surface area contributed by atoms with Gasteiger partial charge in [-0.2, -0.15) is 0 Å². The van der Waals surface area contributed by atoms with Gasteiger partial charge >= 0.3 is 19.8 Å². The first-order valence-corrected chi connectivity index (χ1v) is 33.2. The van der Waals surface area contributed by atoms with Gasteiger partial charge in [0.1, 0.15) is 19.8 Å². The molecular formula is C66H121NO8P+. The molecule has 76 heavy (non-hydrogen) atoms. The standard InChI is InChI=1S/C66H120NO8P/c1-6-8-10-12-14-16-18-20-22-24-26-28-30-32-33-35-37-39-41-43-45-47-49-51-53-55-57-59-66(69)75-64(63-74-76(70,71)73-61-60-67(3,4)5)62-72-65(68)58-56-54-52-50-48-46-44-42-40-38-36-34-31-29-27-25-23-21-19-17-15-13-11-9-7-2/h8,10,14,16,20,22,25-28,32-33,64H,6-7,9,11-13,15,17-19,21,23-24,29-31,34-63H2,1-5H3/p+1/b10-8-,16-14-,22-20-,27-25-,28-26-,33-32-. The lowest BCUT2D eigenvalue weighted by Crippen LogP contribution is -2.37. The number of ether oxygens (including phenoxy) is 2. The van der Waals surface area contributed by atoms with Gasteiger partial charge in [0, 0.05) is 12.8 Å². The molecule has 0 amide bonds. The van der Waals surface area contributed by atoms with Crippen LogP contribution in [0.2, 0.25) is 0 Å². The van der Waals surface area contributed by atoms with Crippen LogP contribution in [-0.2, 0) is 32.7 Å². The highest BCUT2D eigenvalue weighted by molar-refractivity contribution is 7.47. The Morgan fingerprint density at radius 1 is 0.421 bits per heavy atom. The van der Waals surface area contributed by atoms with Gasteiger partial charge in [-0.05, 0) is 83.5 Å². The van der Waals surface area contributed by atoms with E-state index in [9.17, 15) is 19.0 Å². The van der Waals surface area contributed by atoms with Crippen LogP contribution >= 0.6 is 7.82 Å². The third-order valence-corrected chi connectivity index (χ3v) is 14.7. The second kappa shape index (κ2) is 57.1. The average molecular weight is 1090 g/mol. The van der Waals surface area contributed by atoms with Crippen molar-refractivity contribution in [1.29, 1.82) is 0 Å². The SMILES string of the molecule is CC/C=C\C/C=C\C/C=C\C/C=C\C/C=C\CCCCCCCCCCCCCC(=O)OC(COC(=O)CCCCCCCCCCCCCCC/C=C\CCCCCCCCCC)COP(=O)(O)OCC[N+](C)(C)C. The maximum atomic E-state index is 12.8. The van der Waals surface area contributed by atoms with Crippen LogP contribution < -0.4 is 0 Å². The molecule has 10 heteroatoms. The van der Waals surface area contributed by atoms with Gasteiger partial charge in [0.25, 0.3) is 0 Å². The predicted molar refractivity (Wildman–Crippen MR) is 326 cm³/mol. The van der Waals surface area contributed by atoms with Gasteiger partial charge < -0.3 is 18.9 Å². The Morgan fingerprint density at radius 3 is 1.13 bits per heavy atom. The first kappa shape index (κ1) is 73.5. The summed E-state index contributed by atoms with van der Waals surface area (Å²) in [7, 11) is 1.48. The quantitative estimate of drug-likeness (QED) is 0.0211. The number of unbranched alkanes of at least 4 members (excludes halogenated alkanes) is 32. The summed E-state index contributed by atoms with van der Waals surface area (Å²) in [4.78, 5) is 35.8. The average Bonchev–Trinajstić information content (AvgIpc) is 3.38. The summed E-state index contributed by atoms with van der Waals surface area (Å²) < 4.78 is 34.7.